The van der Waals surface area contributed by atoms with Crippen molar-refractivity contribution in [3.8, 4) is 0 Å². The summed E-state index contributed by atoms with van der Waals surface area (Å²) < 4.78 is 0. The summed E-state index contributed by atoms with van der Waals surface area (Å²) in [6.07, 6.45) is 6.65. The highest BCUT2D eigenvalue weighted by Crippen LogP contribution is 2.30. The van der Waals surface area contributed by atoms with Crippen LogP contribution in [0.3, 0.4) is 0 Å². The molecule has 0 radical (unpaired) electrons. The number of nitrogens with zero attached hydrogens (tertiary/aromatic N) is 4. The summed E-state index contributed by atoms with van der Waals surface area (Å²) in [6, 6.07) is 0. The lowest BCUT2D eigenvalue weighted by Gasteiger charge is -2.26. The molecule has 2 atom stereocenters. The Kier molecular flexibility index (Phi) is 3.23. The van der Waals surface area contributed by atoms with E-state index < -0.39 is 0 Å². The quantitative estimate of drug-likeness (QED) is 0.761. The third-order valence-corrected chi connectivity index (χ3v) is 3.57. The first-order chi connectivity index (χ1) is 7.57. The highest BCUT2D eigenvalue weighted by atomic mass is 15.6. The van der Waals surface area contributed by atoms with Crippen molar-refractivity contribution in [3.05, 3.63) is 5.82 Å². The van der Waals surface area contributed by atoms with Gasteiger partial charge in [-0.1, -0.05) is 19.8 Å². The summed E-state index contributed by atoms with van der Waals surface area (Å²) >= 11 is 0. The van der Waals surface area contributed by atoms with Crippen molar-refractivity contribution < 1.29 is 0 Å². The lowest BCUT2D eigenvalue weighted by molar-refractivity contribution is 0.356. The fraction of sp³-hybridized carbons (Fsp3) is 0.909. The number of rotatable bonds is 2. The molecule has 0 aromatic carbocycles. The maximum absolute atomic E-state index is 6.45. The van der Waals surface area contributed by atoms with Crippen molar-refractivity contribution in [2.24, 2.45) is 18.7 Å². The molecule has 0 bridgehead atoms. The van der Waals surface area contributed by atoms with E-state index in [2.05, 4.69) is 22.3 Å². The molecular formula is C11H21N5. The largest absolute Gasteiger partial charge is 0.325 e. The van der Waals surface area contributed by atoms with Gasteiger partial charge in [-0.05, 0) is 30.4 Å². The molecule has 5 heteroatoms. The molecule has 5 nitrogen and oxygen atoms in total. The molecule has 0 saturated heterocycles. The van der Waals surface area contributed by atoms with Gasteiger partial charge in [-0.2, -0.15) is 4.80 Å². The van der Waals surface area contributed by atoms with Crippen molar-refractivity contribution in [1.82, 2.24) is 20.2 Å². The van der Waals surface area contributed by atoms with E-state index in [0.29, 0.717) is 0 Å². The molecule has 0 aliphatic heterocycles. The maximum Gasteiger partial charge on any atom is 0.176 e. The van der Waals surface area contributed by atoms with Crippen LogP contribution < -0.4 is 5.73 Å². The lowest BCUT2D eigenvalue weighted by atomic mass is 9.87. The van der Waals surface area contributed by atoms with Gasteiger partial charge in [-0.25, -0.2) is 0 Å². The van der Waals surface area contributed by atoms with Crippen LogP contribution in [0.25, 0.3) is 0 Å². The molecule has 1 aliphatic rings. The SMILES string of the molecule is CC1CCCC(N)(Cc2nnn(C)n2)CC1. The molecule has 1 saturated carbocycles. The van der Waals surface area contributed by atoms with Crippen LogP contribution in [0.15, 0.2) is 0 Å². The van der Waals surface area contributed by atoms with E-state index in [9.17, 15) is 0 Å². The van der Waals surface area contributed by atoms with Crippen LogP contribution >= 0.6 is 0 Å². The van der Waals surface area contributed by atoms with Crippen molar-refractivity contribution in [2.75, 3.05) is 0 Å². The third kappa shape index (κ3) is 2.78. The summed E-state index contributed by atoms with van der Waals surface area (Å²) in [5.74, 6) is 1.58. The summed E-state index contributed by atoms with van der Waals surface area (Å²) in [5.41, 5.74) is 6.33. The van der Waals surface area contributed by atoms with Gasteiger partial charge in [0.15, 0.2) is 5.82 Å². The maximum atomic E-state index is 6.45. The van der Waals surface area contributed by atoms with Gasteiger partial charge in [-0.3, -0.25) is 0 Å². The zero-order valence-electron chi connectivity index (χ0n) is 10.2. The van der Waals surface area contributed by atoms with E-state index in [-0.39, 0.29) is 5.54 Å². The van der Waals surface area contributed by atoms with E-state index in [1.807, 2.05) is 0 Å². The molecular weight excluding hydrogens is 202 g/mol. The first-order valence-electron chi connectivity index (χ1n) is 6.09. The summed E-state index contributed by atoms with van der Waals surface area (Å²) in [4.78, 5) is 1.50. The summed E-state index contributed by atoms with van der Waals surface area (Å²) in [5, 5.41) is 12.1. The zero-order chi connectivity index (χ0) is 11.6. The van der Waals surface area contributed by atoms with E-state index in [1.165, 1.54) is 24.1 Å². The second-order valence-electron chi connectivity index (χ2n) is 5.27. The first kappa shape index (κ1) is 11.5. The molecule has 1 aromatic rings. The van der Waals surface area contributed by atoms with Crippen LogP contribution in [0.5, 0.6) is 0 Å². The third-order valence-electron chi connectivity index (χ3n) is 3.57. The Balaban J connectivity index is 2.01. The Bertz CT molecular complexity index is 348. The number of nitrogens with two attached hydrogens (primary N) is 1. The highest BCUT2D eigenvalue weighted by molar-refractivity contribution is 4.96. The molecule has 1 aromatic heterocycles. The molecule has 0 spiro atoms. The fourth-order valence-electron chi connectivity index (χ4n) is 2.49. The molecule has 90 valence electrons. The normalized spacial score (nSPS) is 31.3. The second-order valence-corrected chi connectivity index (χ2v) is 5.27. The average molecular weight is 223 g/mol. The molecule has 2 N–H and O–H groups in total. The number of hydrogen-bond donors (Lipinski definition) is 1. The number of aryl methyl sites for hydroxylation is 1. The minimum absolute atomic E-state index is 0.117. The standard InChI is InChI=1S/C11H21N5/c1-9-4-3-6-11(12,7-5-9)8-10-13-15-16(2)14-10/h9H,3-8,12H2,1-2H3. The van der Waals surface area contributed by atoms with E-state index >= 15 is 0 Å². The van der Waals surface area contributed by atoms with Crippen LogP contribution in [-0.2, 0) is 13.5 Å². The molecule has 2 unspecified atom stereocenters. The van der Waals surface area contributed by atoms with Gasteiger partial charge in [0.2, 0.25) is 0 Å². The minimum atomic E-state index is -0.117. The zero-order valence-corrected chi connectivity index (χ0v) is 10.2. The molecule has 1 fully saturated rings. The predicted octanol–water partition coefficient (Wildman–Crippen LogP) is 1.05. The summed E-state index contributed by atoms with van der Waals surface area (Å²) in [6.45, 7) is 2.31. The molecule has 16 heavy (non-hydrogen) atoms. The van der Waals surface area contributed by atoms with E-state index in [0.717, 1.165) is 31.0 Å². The van der Waals surface area contributed by atoms with Crippen molar-refractivity contribution >= 4 is 0 Å². The number of hydrogen-bond acceptors (Lipinski definition) is 4. The van der Waals surface area contributed by atoms with Gasteiger partial charge < -0.3 is 5.73 Å². The van der Waals surface area contributed by atoms with Crippen LogP contribution in [0.2, 0.25) is 0 Å². The van der Waals surface area contributed by atoms with Crippen LogP contribution in [-0.4, -0.2) is 25.7 Å². The van der Waals surface area contributed by atoms with Gasteiger partial charge in [0.1, 0.15) is 0 Å². The van der Waals surface area contributed by atoms with Gasteiger partial charge in [0.25, 0.3) is 0 Å². The van der Waals surface area contributed by atoms with Gasteiger partial charge in [0, 0.05) is 12.0 Å². The van der Waals surface area contributed by atoms with Crippen LogP contribution in [0.1, 0.15) is 44.9 Å². The molecule has 0 amide bonds. The summed E-state index contributed by atoms with van der Waals surface area (Å²) in [7, 11) is 1.79. The van der Waals surface area contributed by atoms with Gasteiger partial charge in [-0.15, -0.1) is 10.2 Å². The molecule has 1 heterocycles. The minimum Gasteiger partial charge on any atom is -0.325 e. The number of aromatic nitrogens is 4. The van der Waals surface area contributed by atoms with E-state index in [4.69, 9.17) is 5.73 Å². The van der Waals surface area contributed by atoms with Gasteiger partial charge in [0.05, 0.1) is 7.05 Å². The monoisotopic (exact) mass is 223 g/mol. The second kappa shape index (κ2) is 4.49. The van der Waals surface area contributed by atoms with Crippen LogP contribution in [0.4, 0.5) is 0 Å². The van der Waals surface area contributed by atoms with Crippen molar-refractivity contribution in [2.45, 2.75) is 51.0 Å². The van der Waals surface area contributed by atoms with Gasteiger partial charge >= 0.3 is 0 Å². The van der Waals surface area contributed by atoms with E-state index in [1.54, 1.807) is 7.05 Å². The van der Waals surface area contributed by atoms with Crippen LogP contribution in [0, 0.1) is 5.92 Å². The number of tetrazole rings is 1. The first-order valence-corrected chi connectivity index (χ1v) is 6.09. The Labute approximate surface area is 96.4 Å². The smallest absolute Gasteiger partial charge is 0.176 e. The Morgan fingerprint density at radius 1 is 1.44 bits per heavy atom. The topological polar surface area (TPSA) is 69.6 Å². The van der Waals surface area contributed by atoms with Crippen molar-refractivity contribution in [1.29, 1.82) is 0 Å². The Morgan fingerprint density at radius 2 is 2.25 bits per heavy atom. The predicted molar refractivity (Wildman–Crippen MR) is 61.7 cm³/mol. The Morgan fingerprint density at radius 3 is 2.94 bits per heavy atom. The fourth-order valence-corrected chi connectivity index (χ4v) is 2.49. The average Bonchev–Trinajstić information content (AvgIpc) is 2.53. The highest BCUT2D eigenvalue weighted by Gasteiger charge is 2.29. The molecule has 1 aliphatic carbocycles. The van der Waals surface area contributed by atoms with Crippen molar-refractivity contribution in [3.63, 3.8) is 0 Å². The molecule has 2 rings (SSSR count). The Hall–Kier alpha value is -0.970. The lowest BCUT2D eigenvalue weighted by Crippen LogP contribution is -2.41.